The molecule has 0 spiro atoms. The summed E-state index contributed by atoms with van der Waals surface area (Å²) in [4.78, 5) is 23.6. The molecule has 1 heterocycles. The molecule has 0 amide bonds. The van der Waals surface area contributed by atoms with Crippen molar-refractivity contribution in [2.45, 2.75) is 6.61 Å². The van der Waals surface area contributed by atoms with Crippen molar-refractivity contribution in [2.75, 3.05) is 7.11 Å². The van der Waals surface area contributed by atoms with Gasteiger partial charge in [0, 0.05) is 16.7 Å². The van der Waals surface area contributed by atoms with Crippen LogP contribution in [-0.2, 0) is 11.3 Å². The molecule has 1 N–H and O–H groups in total. The Kier molecular flexibility index (Phi) is 4.31. The van der Waals surface area contributed by atoms with Crippen LogP contribution in [0.4, 0.5) is 4.39 Å². The molecule has 0 bridgehead atoms. The second kappa shape index (κ2) is 6.81. The van der Waals surface area contributed by atoms with Crippen LogP contribution in [0.1, 0.15) is 26.3 Å². The first-order valence-electron chi connectivity index (χ1n) is 8.50. The van der Waals surface area contributed by atoms with Gasteiger partial charge in [0.25, 0.3) is 0 Å². The molecule has 0 saturated carbocycles. The average molecular weight is 378 g/mol. The summed E-state index contributed by atoms with van der Waals surface area (Å²) >= 11 is 0. The smallest absolute Gasteiger partial charge is 0.338 e. The number of aromatic carboxylic acids is 1. The third-order valence-electron chi connectivity index (χ3n) is 4.71. The number of halogens is 1. The quantitative estimate of drug-likeness (QED) is 0.678. The standard InChI is InChI=1S/C22H15FO5/c1-27-22(26)18-9-17-14-7-6-12(21(24)25)8-13(14)11-28-20(17)10-16(18)15-4-2-3-5-19(15)23/h2-10H,11H2,1H3,(H,24,25). The van der Waals surface area contributed by atoms with Crippen LogP contribution < -0.4 is 4.74 Å². The first-order valence-corrected chi connectivity index (χ1v) is 8.50. The average Bonchev–Trinajstić information content (AvgIpc) is 2.72. The number of esters is 1. The molecular weight excluding hydrogens is 363 g/mol. The Hall–Kier alpha value is -3.67. The van der Waals surface area contributed by atoms with Crippen LogP contribution in [0.3, 0.4) is 0 Å². The number of ether oxygens (including phenoxy) is 2. The Balaban J connectivity index is 1.94. The number of hydrogen-bond acceptors (Lipinski definition) is 4. The summed E-state index contributed by atoms with van der Waals surface area (Å²) in [5.74, 6) is -1.61. The van der Waals surface area contributed by atoms with Gasteiger partial charge in [-0.2, -0.15) is 0 Å². The molecule has 0 aromatic heterocycles. The van der Waals surface area contributed by atoms with Crippen molar-refractivity contribution in [1.29, 1.82) is 0 Å². The molecule has 140 valence electrons. The maximum Gasteiger partial charge on any atom is 0.338 e. The molecule has 0 unspecified atom stereocenters. The van der Waals surface area contributed by atoms with E-state index in [1.807, 2.05) is 0 Å². The molecule has 6 heteroatoms. The molecule has 0 aliphatic carbocycles. The molecule has 0 fully saturated rings. The fourth-order valence-corrected chi connectivity index (χ4v) is 3.36. The second-order valence-corrected chi connectivity index (χ2v) is 6.33. The predicted octanol–water partition coefficient (Wildman–Crippen LogP) is 4.54. The molecular formula is C22H15FO5. The zero-order valence-corrected chi connectivity index (χ0v) is 14.9. The van der Waals surface area contributed by atoms with E-state index < -0.39 is 17.8 Å². The fourth-order valence-electron chi connectivity index (χ4n) is 3.36. The van der Waals surface area contributed by atoms with E-state index in [9.17, 15) is 19.1 Å². The number of hydrogen-bond donors (Lipinski definition) is 1. The van der Waals surface area contributed by atoms with Crippen LogP contribution in [-0.4, -0.2) is 24.2 Å². The summed E-state index contributed by atoms with van der Waals surface area (Å²) < 4.78 is 25.0. The van der Waals surface area contributed by atoms with E-state index >= 15 is 0 Å². The molecule has 0 atom stereocenters. The molecule has 28 heavy (non-hydrogen) atoms. The minimum atomic E-state index is -1.03. The number of carbonyl (C=O) groups is 2. The molecule has 5 nitrogen and oxygen atoms in total. The monoisotopic (exact) mass is 378 g/mol. The summed E-state index contributed by atoms with van der Waals surface area (Å²) in [6.07, 6.45) is 0. The largest absolute Gasteiger partial charge is 0.488 e. The van der Waals surface area contributed by atoms with Gasteiger partial charge < -0.3 is 14.6 Å². The fraction of sp³-hybridized carbons (Fsp3) is 0.0909. The van der Waals surface area contributed by atoms with Crippen LogP contribution in [0, 0.1) is 5.82 Å². The number of methoxy groups -OCH3 is 1. The van der Waals surface area contributed by atoms with E-state index in [1.165, 1.54) is 19.2 Å². The lowest BCUT2D eigenvalue weighted by Gasteiger charge is -2.23. The summed E-state index contributed by atoms with van der Waals surface area (Å²) in [5, 5.41) is 9.18. The van der Waals surface area contributed by atoms with Gasteiger partial charge in [-0.15, -0.1) is 0 Å². The van der Waals surface area contributed by atoms with E-state index in [0.717, 1.165) is 5.56 Å². The Labute approximate surface area is 160 Å². The first-order chi connectivity index (χ1) is 13.5. The topological polar surface area (TPSA) is 72.8 Å². The number of carboxylic acid groups (broad SMARTS) is 1. The third-order valence-corrected chi connectivity index (χ3v) is 4.71. The molecule has 0 saturated heterocycles. The predicted molar refractivity (Wildman–Crippen MR) is 99.9 cm³/mol. The lowest BCUT2D eigenvalue weighted by molar-refractivity contribution is 0.0600. The molecule has 1 aliphatic rings. The lowest BCUT2D eigenvalue weighted by atomic mass is 9.90. The zero-order valence-electron chi connectivity index (χ0n) is 14.9. The van der Waals surface area contributed by atoms with E-state index in [0.29, 0.717) is 22.4 Å². The van der Waals surface area contributed by atoms with Gasteiger partial charge in [0.2, 0.25) is 0 Å². The zero-order chi connectivity index (χ0) is 19.8. The molecule has 3 aromatic carbocycles. The summed E-state index contributed by atoms with van der Waals surface area (Å²) in [6.45, 7) is 0.178. The second-order valence-electron chi connectivity index (χ2n) is 6.33. The van der Waals surface area contributed by atoms with Gasteiger partial charge >= 0.3 is 11.9 Å². The Bertz CT molecular complexity index is 1120. The van der Waals surface area contributed by atoms with Crippen LogP contribution in [0.5, 0.6) is 5.75 Å². The van der Waals surface area contributed by atoms with Gasteiger partial charge in [0.05, 0.1) is 18.2 Å². The van der Waals surface area contributed by atoms with Crippen molar-refractivity contribution in [3.63, 3.8) is 0 Å². The Morgan fingerprint density at radius 1 is 1.00 bits per heavy atom. The van der Waals surface area contributed by atoms with Crippen molar-refractivity contribution in [3.05, 3.63) is 77.1 Å². The van der Waals surface area contributed by atoms with Crippen molar-refractivity contribution in [2.24, 2.45) is 0 Å². The van der Waals surface area contributed by atoms with E-state index in [1.54, 1.807) is 42.5 Å². The van der Waals surface area contributed by atoms with E-state index in [-0.39, 0.29) is 23.3 Å². The van der Waals surface area contributed by atoms with Crippen LogP contribution in [0.2, 0.25) is 0 Å². The Morgan fingerprint density at radius 3 is 2.50 bits per heavy atom. The SMILES string of the molecule is COC(=O)c1cc2c(cc1-c1ccccc1F)OCc1cc(C(=O)O)ccc1-2. The van der Waals surface area contributed by atoms with Crippen molar-refractivity contribution < 1.29 is 28.6 Å². The first kappa shape index (κ1) is 17.7. The van der Waals surface area contributed by atoms with Crippen LogP contribution >= 0.6 is 0 Å². The molecule has 3 aromatic rings. The summed E-state index contributed by atoms with van der Waals surface area (Å²) in [7, 11) is 1.26. The number of rotatable bonds is 3. The Morgan fingerprint density at radius 2 is 1.79 bits per heavy atom. The molecule has 1 aliphatic heterocycles. The van der Waals surface area contributed by atoms with E-state index in [2.05, 4.69) is 0 Å². The van der Waals surface area contributed by atoms with Gasteiger partial charge in [0.15, 0.2) is 0 Å². The number of carboxylic acids is 1. The molecule has 0 radical (unpaired) electrons. The summed E-state index contributed by atoms with van der Waals surface area (Å²) in [5.41, 5.74) is 3.07. The minimum absolute atomic E-state index is 0.155. The lowest BCUT2D eigenvalue weighted by Crippen LogP contribution is -2.11. The van der Waals surface area contributed by atoms with Gasteiger partial charge in [-0.3, -0.25) is 0 Å². The van der Waals surface area contributed by atoms with Crippen molar-refractivity contribution in [1.82, 2.24) is 0 Å². The normalized spacial score (nSPS) is 11.8. The van der Waals surface area contributed by atoms with Gasteiger partial charge in [0.1, 0.15) is 18.2 Å². The highest BCUT2D eigenvalue weighted by Crippen LogP contribution is 2.42. The van der Waals surface area contributed by atoms with Crippen LogP contribution in [0.25, 0.3) is 22.3 Å². The summed E-state index contributed by atoms with van der Waals surface area (Å²) in [6, 6.07) is 14.1. The minimum Gasteiger partial charge on any atom is -0.488 e. The third kappa shape index (κ3) is 2.89. The van der Waals surface area contributed by atoms with E-state index in [4.69, 9.17) is 9.47 Å². The highest BCUT2D eigenvalue weighted by molar-refractivity contribution is 6.00. The van der Waals surface area contributed by atoms with Gasteiger partial charge in [-0.05, 0) is 41.5 Å². The van der Waals surface area contributed by atoms with Gasteiger partial charge in [-0.25, -0.2) is 14.0 Å². The van der Waals surface area contributed by atoms with Crippen molar-refractivity contribution >= 4 is 11.9 Å². The molecule has 4 rings (SSSR count). The number of benzene rings is 3. The number of carbonyl (C=O) groups excluding carboxylic acids is 1. The van der Waals surface area contributed by atoms with Gasteiger partial charge in [-0.1, -0.05) is 24.3 Å². The number of fused-ring (bicyclic) bond motifs is 3. The van der Waals surface area contributed by atoms with Crippen LogP contribution in [0.15, 0.2) is 54.6 Å². The maximum absolute atomic E-state index is 14.4. The highest BCUT2D eigenvalue weighted by Gasteiger charge is 2.25. The van der Waals surface area contributed by atoms with Crippen molar-refractivity contribution in [3.8, 4) is 28.0 Å². The maximum atomic E-state index is 14.4. The highest BCUT2D eigenvalue weighted by atomic mass is 19.1.